The predicted octanol–water partition coefficient (Wildman–Crippen LogP) is 3.28. The SMILES string of the molecule is CC1C[CH]C(C)(C)C(C)C1. The van der Waals surface area contributed by atoms with E-state index in [0.29, 0.717) is 5.41 Å². The highest BCUT2D eigenvalue weighted by molar-refractivity contribution is 4.94. The fraction of sp³-hybridized carbons (Fsp3) is 0.900. The summed E-state index contributed by atoms with van der Waals surface area (Å²) in [7, 11) is 0. The molecule has 0 aromatic carbocycles. The van der Waals surface area contributed by atoms with Gasteiger partial charge in [0.15, 0.2) is 0 Å². The van der Waals surface area contributed by atoms with Crippen LogP contribution in [0.4, 0.5) is 0 Å². The fourth-order valence-electron chi connectivity index (χ4n) is 1.71. The third-order valence-corrected chi connectivity index (χ3v) is 3.07. The lowest BCUT2D eigenvalue weighted by molar-refractivity contribution is 0.181. The molecule has 0 heterocycles. The standard InChI is InChI=1S/C10H19/c1-8-5-6-10(3,4)9(2)7-8/h6,8-9H,5,7H2,1-4H3. The molecule has 1 saturated carbocycles. The third kappa shape index (κ3) is 1.53. The van der Waals surface area contributed by atoms with E-state index in [9.17, 15) is 0 Å². The van der Waals surface area contributed by atoms with E-state index in [2.05, 4.69) is 34.1 Å². The van der Waals surface area contributed by atoms with Crippen LogP contribution in [-0.4, -0.2) is 0 Å². The average molecular weight is 139 g/mol. The van der Waals surface area contributed by atoms with Gasteiger partial charge in [0, 0.05) is 0 Å². The quantitative estimate of drug-likeness (QED) is 0.483. The normalized spacial score (nSPS) is 39.6. The first kappa shape index (κ1) is 8.10. The van der Waals surface area contributed by atoms with Crippen LogP contribution < -0.4 is 0 Å². The maximum Gasteiger partial charge on any atom is -0.0297 e. The number of hydrogen-bond acceptors (Lipinski definition) is 0. The second kappa shape index (κ2) is 2.56. The fourth-order valence-corrected chi connectivity index (χ4v) is 1.71. The summed E-state index contributed by atoms with van der Waals surface area (Å²) in [5.41, 5.74) is 0.493. The molecule has 0 aromatic heterocycles. The van der Waals surface area contributed by atoms with Gasteiger partial charge in [0.2, 0.25) is 0 Å². The molecular weight excluding hydrogens is 120 g/mol. The summed E-state index contributed by atoms with van der Waals surface area (Å²) in [6, 6.07) is 0. The molecule has 59 valence electrons. The van der Waals surface area contributed by atoms with Crippen molar-refractivity contribution in [2.24, 2.45) is 17.3 Å². The van der Waals surface area contributed by atoms with Crippen LogP contribution in [-0.2, 0) is 0 Å². The van der Waals surface area contributed by atoms with Gasteiger partial charge in [-0.25, -0.2) is 0 Å². The topological polar surface area (TPSA) is 0 Å². The van der Waals surface area contributed by atoms with E-state index in [0.717, 1.165) is 11.8 Å². The van der Waals surface area contributed by atoms with Crippen molar-refractivity contribution in [1.29, 1.82) is 0 Å². The molecule has 10 heavy (non-hydrogen) atoms. The van der Waals surface area contributed by atoms with Gasteiger partial charge in [0.05, 0.1) is 0 Å². The summed E-state index contributed by atoms with van der Waals surface area (Å²) in [5.74, 6) is 1.79. The monoisotopic (exact) mass is 139 g/mol. The highest BCUT2D eigenvalue weighted by atomic mass is 14.4. The lowest BCUT2D eigenvalue weighted by Gasteiger charge is -2.39. The van der Waals surface area contributed by atoms with Gasteiger partial charge in [0.25, 0.3) is 0 Å². The Labute approximate surface area is 65.0 Å². The van der Waals surface area contributed by atoms with E-state index in [-0.39, 0.29) is 0 Å². The smallest absolute Gasteiger partial charge is 0.0297 e. The van der Waals surface area contributed by atoms with E-state index in [4.69, 9.17) is 0 Å². The molecule has 1 fully saturated rings. The molecular formula is C10H19. The van der Waals surface area contributed by atoms with Crippen molar-refractivity contribution < 1.29 is 0 Å². The van der Waals surface area contributed by atoms with Gasteiger partial charge in [-0.15, -0.1) is 0 Å². The van der Waals surface area contributed by atoms with Crippen molar-refractivity contribution >= 4 is 0 Å². The van der Waals surface area contributed by atoms with Crippen molar-refractivity contribution in [2.75, 3.05) is 0 Å². The van der Waals surface area contributed by atoms with E-state index >= 15 is 0 Å². The van der Waals surface area contributed by atoms with Crippen molar-refractivity contribution in [3.63, 3.8) is 0 Å². The van der Waals surface area contributed by atoms with Gasteiger partial charge in [-0.1, -0.05) is 27.7 Å². The van der Waals surface area contributed by atoms with E-state index in [1.165, 1.54) is 12.8 Å². The first-order valence-corrected chi connectivity index (χ1v) is 4.37. The summed E-state index contributed by atoms with van der Waals surface area (Å²) in [6.45, 7) is 9.42. The Morgan fingerprint density at radius 2 is 1.90 bits per heavy atom. The van der Waals surface area contributed by atoms with Gasteiger partial charge in [0.1, 0.15) is 0 Å². The van der Waals surface area contributed by atoms with Crippen LogP contribution in [0.3, 0.4) is 0 Å². The largest absolute Gasteiger partial charge is 0.0625 e. The van der Waals surface area contributed by atoms with Gasteiger partial charge in [-0.2, -0.15) is 0 Å². The van der Waals surface area contributed by atoms with Crippen molar-refractivity contribution in [3.05, 3.63) is 6.42 Å². The molecule has 1 aliphatic carbocycles. The molecule has 0 N–H and O–H groups in total. The Morgan fingerprint density at radius 1 is 1.30 bits per heavy atom. The summed E-state index contributed by atoms with van der Waals surface area (Å²) in [4.78, 5) is 0. The van der Waals surface area contributed by atoms with Crippen LogP contribution in [0.5, 0.6) is 0 Å². The minimum Gasteiger partial charge on any atom is -0.0625 e. The van der Waals surface area contributed by atoms with E-state index < -0.39 is 0 Å². The number of rotatable bonds is 0. The van der Waals surface area contributed by atoms with Gasteiger partial charge in [-0.3, -0.25) is 0 Å². The van der Waals surface area contributed by atoms with Gasteiger partial charge >= 0.3 is 0 Å². The molecule has 0 aliphatic heterocycles. The molecule has 1 radical (unpaired) electrons. The molecule has 0 aromatic rings. The zero-order valence-corrected chi connectivity index (χ0v) is 7.65. The molecule has 1 aliphatic rings. The van der Waals surface area contributed by atoms with Crippen LogP contribution in [0.2, 0.25) is 0 Å². The summed E-state index contributed by atoms with van der Waals surface area (Å²) >= 11 is 0. The van der Waals surface area contributed by atoms with Crippen LogP contribution in [0.25, 0.3) is 0 Å². The second-order valence-corrected chi connectivity index (χ2v) is 4.50. The first-order valence-electron chi connectivity index (χ1n) is 4.37. The molecule has 0 amide bonds. The molecule has 2 unspecified atom stereocenters. The Hall–Kier alpha value is 0. The van der Waals surface area contributed by atoms with Crippen molar-refractivity contribution in [3.8, 4) is 0 Å². The van der Waals surface area contributed by atoms with Crippen LogP contribution in [0, 0.1) is 23.7 Å². The summed E-state index contributed by atoms with van der Waals surface area (Å²) in [6.07, 6.45) is 5.21. The van der Waals surface area contributed by atoms with Crippen molar-refractivity contribution in [1.82, 2.24) is 0 Å². The molecule has 0 bridgehead atoms. The Balaban J connectivity index is 2.52. The highest BCUT2D eigenvalue weighted by Crippen LogP contribution is 2.41. The second-order valence-electron chi connectivity index (χ2n) is 4.50. The molecule has 0 heteroatoms. The highest BCUT2D eigenvalue weighted by Gasteiger charge is 2.31. The zero-order valence-electron chi connectivity index (χ0n) is 7.65. The maximum atomic E-state index is 2.49. The van der Waals surface area contributed by atoms with Gasteiger partial charge < -0.3 is 0 Å². The Morgan fingerprint density at radius 3 is 2.30 bits per heavy atom. The molecule has 0 saturated heterocycles. The summed E-state index contributed by atoms with van der Waals surface area (Å²) < 4.78 is 0. The van der Waals surface area contributed by atoms with Crippen LogP contribution in [0.15, 0.2) is 0 Å². The van der Waals surface area contributed by atoms with Gasteiger partial charge in [-0.05, 0) is 36.5 Å². The Bertz CT molecular complexity index is 113. The number of hydrogen-bond donors (Lipinski definition) is 0. The van der Waals surface area contributed by atoms with Crippen LogP contribution in [0.1, 0.15) is 40.5 Å². The molecule has 2 atom stereocenters. The molecule has 0 spiro atoms. The minimum absolute atomic E-state index is 0.493. The molecule has 1 rings (SSSR count). The zero-order chi connectivity index (χ0) is 7.78. The van der Waals surface area contributed by atoms with Crippen molar-refractivity contribution in [2.45, 2.75) is 40.5 Å². The average Bonchev–Trinajstić information content (AvgIpc) is 1.81. The third-order valence-electron chi connectivity index (χ3n) is 3.07. The first-order chi connectivity index (χ1) is 4.52. The minimum atomic E-state index is 0.493. The lowest BCUT2D eigenvalue weighted by Crippen LogP contribution is -2.29. The predicted molar refractivity (Wildman–Crippen MR) is 45.6 cm³/mol. The molecule has 0 nitrogen and oxygen atoms in total. The lowest BCUT2D eigenvalue weighted by atomic mass is 9.67. The van der Waals surface area contributed by atoms with E-state index in [1.54, 1.807) is 0 Å². The van der Waals surface area contributed by atoms with E-state index in [1.807, 2.05) is 0 Å². The Kier molecular flexibility index (Phi) is 2.07. The summed E-state index contributed by atoms with van der Waals surface area (Å²) in [5, 5.41) is 0. The maximum absolute atomic E-state index is 2.49. The van der Waals surface area contributed by atoms with Crippen LogP contribution >= 0.6 is 0 Å².